The van der Waals surface area contributed by atoms with Crippen molar-refractivity contribution in [1.29, 1.82) is 0 Å². The van der Waals surface area contributed by atoms with E-state index in [1.807, 2.05) is 0 Å². The van der Waals surface area contributed by atoms with Gasteiger partial charge in [0, 0.05) is 41.9 Å². The number of phenolic OH excluding ortho intramolecular Hbond substituents is 1. The van der Waals surface area contributed by atoms with Crippen LogP contribution in [0.15, 0.2) is 71.7 Å². The van der Waals surface area contributed by atoms with E-state index in [0.29, 0.717) is 35.2 Å². The second kappa shape index (κ2) is 9.92. The molecular weight excluding hydrogens is 496 g/mol. The number of ether oxygens (including phenoxy) is 2. The molecule has 0 bridgehead atoms. The molecule has 1 aromatic heterocycles. The van der Waals surface area contributed by atoms with E-state index < -0.39 is 29.2 Å². The van der Waals surface area contributed by atoms with E-state index in [4.69, 9.17) is 9.47 Å². The summed E-state index contributed by atoms with van der Waals surface area (Å²) >= 11 is 0. The number of hydrogen-bond donors (Lipinski definition) is 3. The fourth-order valence-electron chi connectivity index (χ4n) is 4.77. The number of aromatic hydroxyl groups is 1. The maximum atomic E-state index is 15.1. The molecule has 38 heavy (non-hydrogen) atoms. The van der Waals surface area contributed by atoms with Gasteiger partial charge in [-0.15, -0.1) is 0 Å². The van der Waals surface area contributed by atoms with Gasteiger partial charge in [-0.25, -0.2) is 8.78 Å². The maximum absolute atomic E-state index is 15.1. The number of nitrogens with zero attached hydrogens (tertiary/aromatic N) is 1. The van der Waals surface area contributed by atoms with E-state index >= 15 is 4.39 Å². The minimum Gasteiger partial charge on any atom is -0.504 e. The number of fused-ring (bicyclic) bond motifs is 1. The minimum absolute atomic E-state index is 0.0747. The molecule has 0 saturated heterocycles. The molecule has 1 unspecified atom stereocenters. The molecule has 1 aromatic carbocycles. The Morgan fingerprint density at radius 2 is 1.89 bits per heavy atom. The van der Waals surface area contributed by atoms with Crippen LogP contribution in [0.3, 0.4) is 0 Å². The molecule has 3 atom stereocenters. The summed E-state index contributed by atoms with van der Waals surface area (Å²) in [5.41, 5.74) is -0.00925. The molecule has 2 amide bonds. The molecule has 1 saturated carbocycles. The lowest BCUT2D eigenvalue weighted by molar-refractivity contribution is -0.137. The van der Waals surface area contributed by atoms with Crippen LogP contribution in [-0.4, -0.2) is 35.1 Å². The van der Waals surface area contributed by atoms with Crippen molar-refractivity contribution in [2.45, 2.75) is 38.7 Å². The highest BCUT2D eigenvalue weighted by atomic mass is 19.1. The molecular formula is C28H27F2N3O5. The number of pyridine rings is 1. The van der Waals surface area contributed by atoms with Crippen LogP contribution in [0.2, 0.25) is 0 Å². The van der Waals surface area contributed by atoms with E-state index in [-0.39, 0.29) is 41.8 Å². The molecule has 0 radical (unpaired) electrons. The van der Waals surface area contributed by atoms with Gasteiger partial charge in [0.15, 0.2) is 17.6 Å². The fourth-order valence-corrected chi connectivity index (χ4v) is 4.77. The lowest BCUT2D eigenvalue weighted by atomic mass is 9.99. The number of nitrogens with one attached hydrogen (secondary N) is 2. The van der Waals surface area contributed by atoms with Crippen molar-refractivity contribution in [1.82, 2.24) is 15.6 Å². The highest BCUT2D eigenvalue weighted by Gasteiger charge is 2.63. The first kappa shape index (κ1) is 25.4. The summed E-state index contributed by atoms with van der Waals surface area (Å²) in [4.78, 5) is 30.3. The Morgan fingerprint density at radius 3 is 2.55 bits per heavy atom. The second-order valence-electron chi connectivity index (χ2n) is 9.67. The third-order valence-corrected chi connectivity index (χ3v) is 7.17. The van der Waals surface area contributed by atoms with Crippen LogP contribution in [0, 0.1) is 11.3 Å². The average Bonchev–Trinajstić information content (AvgIpc) is 3.59. The van der Waals surface area contributed by atoms with E-state index in [9.17, 15) is 19.1 Å². The highest BCUT2D eigenvalue weighted by Crippen LogP contribution is 2.53. The first-order valence-corrected chi connectivity index (χ1v) is 12.3. The van der Waals surface area contributed by atoms with Gasteiger partial charge in [0.1, 0.15) is 22.8 Å². The number of halogens is 2. The molecule has 198 valence electrons. The van der Waals surface area contributed by atoms with E-state index in [1.54, 1.807) is 25.1 Å². The molecule has 3 aliphatic carbocycles. The molecule has 3 aliphatic rings. The van der Waals surface area contributed by atoms with Crippen molar-refractivity contribution >= 4 is 22.7 Å². The summed E-state index contributed by atoms with van der Waals surface area (Å²) in [5.74, 6) is -1.49. The minimum atomic E-state index is -1.26. The van der Waals surface area contributed by atoms with Crippen molar-refractivity contribution in [3.8, 4) is 17.2 Å². The van der Waals surface area contributed by atoms with Gasteiger partial charge >= 0.3 is 0 Å². The number of rotatable bonds is 7. The zero-order chi connectivity index (χ0) is 27.0. The largest absolute Gasteiger partial charge is 0.504 e. The van der Waals surface area contributed by atoms with E-state index in [2.05, 4.69) is 15.6 Å². The van der Waals surface area contributed by atoms with Crippen molar-refractivity contribution in [2.24, 2.45) is 11.3 Å². The van der Waals surface area contributed by atoms with Crippen LogP contribution >= 0.6 is 0 Å². The number of allylic oxidation sites excluding steroid dienone is 5. The molecule has 1 heterocycles. The van der Waals surface area contributed by atoms with Crippen molar-refractivity contribution in [3.63, 3.8) is 0 Å². The molecule has 8 nitrogen and oxygen atoms in total. The van der Waals surface area contributed by atoms with Gasteiger partial charge in [-0.3, -0.25) is 14.6 Å². The summed E-state index contributed by atoms with van der Waals surface area (Å²) < 4.78 is 39.4. The molecule has 0 spiro atoms. The monoisotopic (exact) mass is 523 g/mol. The van der Waals surface area contributed by atoms with Crippen LogP contribution in [0.4, 0.5) is 8.78 Å². The smallest absolute Gasteiger partial charge is 0.240 e. The topological polar surface area (TPSA) is 110 Å². The Kier molecular flexibility index (Phi) is 6.64. The number of methoxy groups -OCH3 is 1. The predicted molar refractivity (Wildman–Crippen MR) is 135 cm³/mol. The van der Waals surface area contributed by atoms with Gasteiger partial charge in [-0.2, -0.15) is 0 Å². The van der Waals surface area contributed by atoms with Gasteiger partial charge in [0.2, 0.25) is 11.8 Å². The van der Waals surface area contributed by atoms with Crippen LogP contribution < -0.4 is 20.1 Å². The van der Waals surface area contributed by atoms with Crippen molar-refractivity contribution in [3.05, 3.63) is 71.7 Å². The normalized spacial score (nSPS) is 24.4. The molecule has 3 N–H and O–H groups in total. The predicted octanol–water partition coefficient (Wildman–Crippen LogP) is 4.63. The maximum Gasteiger partial charge on any atom is 0.240 e. The second-order valence-corrected chi connectivity index (χ2v) is 9.67. The number of phenols is 1. The van der Waals surface area contributed by atoms with Crippen LogP contribution in [0.25, 0.3) is 10.9 Å². The molecule has 10 heteroatoms. The quantitative estimate of drug-likeness (QED) is 0.457. The summed E-state index contributed by atoms with van der Waals surface area (Å²) in [5, 5.41) is 16.0. The van der Waals surface area contributed by atoms with Gasteiger partial charge in [0.05, 0.1) is 12.6 Å². The lowest BCUT2D eigenvalue weighted by Crippen LogP contribution is -2.44. The number of amides is 2. The van der Waals surface area contributed by atoms with Crippen molar-refractivity contribution in [2.75, 3.05) is 7.11 Å². The SMILES string of the molecule is COc1cc2c(OC3CC=C(NC(=O)[C@@]4(C(=O)NC5=CC=C(F)CC5)C[C@H]4C)C=C3F)ccnc2cc1O. The van der Waals surface area contributed by atoms with Gasteiger partial charge in [-0.05, 0) is 49.1 Å². The standard InChI is InChI=1S/C28H27F2N3O5/c1-15-14-28(15,26(35)32-17-5-3-16(29)4-6-17)27(36)33-18-7-8-24(20(30)11-18)38-23-9-10-31-21-13-22(34)25(37-2)12-19(21)23/h3,5,7,9-13,15,24,34H,4,6,8,14H2,1-2H3,(H,32,35)(H,33,36)/t15-,24?,28+/m1/s1. The molecule has 1 fully saturated rings. The Bertz CT molecular complexity index is 1450. The number of aromatic nitrogens is 1. The van der Waals surface area contributed by atoms with Gasteiger partial charge in [0.25, 0.3) is 0 Å². The zero-order valence-electron chi connectivity index (χ0n) is 20.9. The molecule has 2 aromatic rings. The number of carbonyl (C=O) groups excluding carboxylic acids is 2. The Balaban J connectivity index is 1.26. The Morgan fingerprint density at radius 1 is 1.13 bits per heavy atom. The van der Waals surface area contributed by atoms with Gasteiger partial charge < -0.3 is 25.2 Å². The summed E-state index contributed by atoms with van der Waals surface area (Å²) in [6, 6.07) is 4.60. The lowest BCUT2D eigenvalue weighted by Gasteiger charge is -2.23. The zero-order valence-corrected chi connectivity index (χ0v) is 20.9. The first-order valence-electron chi connectivity index (χ1n) is 12.3. The third-order valence-electron chi connectivity index (χ3n) is 7.17. The van der Waals surface area contributed by atoms with Crippen molar-refractivity contribution < 1.29 is 33.0 Å². The van der Waals surface area contributed by atoms with E-state index in [0.717, 1.165) is 0 Å². The Hall–Kier alpha value is -4.21. The van der Waals surface area contributed by atoms with E-state index in [1.165, 1.54) is 37.6 Å². The van der Waals surface area contributed by atoms with Crippen LogP contribution in [0.5, 0.6) is 17.2 Å². The highest BCUT2D eigenvalue weighted by molar-refractivity contribution is 6.09. The number of hydrogen-bond acceptors (Lipinski definition) is 6. The molecule has 5 rings (SSSR count). The van der Waals surface area contributed by atoms with Crippen LogP contribution in [0.1, 0.15) is 32.6 Å². The third kappa shape index (κ3) is 4.73. The number of carbonyl (C=O) groups is 2. The first-order chi connectivity index (χ1) is 18.2. The summed E-state index contributed by atoms with van der Waals surface area (Å²) in [6.45, 7) is 1.80. The number of benzene rings is 1. The summed E-state index contributed by atoms with van der Waals surface area (Å²) in [6.07, 6.45) is 7.22. The Labute approximate surface area is 217 Å². The average molecular weight is 524 g/mol. The summed E-state index contributed by atoms with van der Waals surface area (Å²) in [7, 11) is 1.42. The van der Waals surface area contributed by atoms with Gasteiger partial charge in [-0.1, -0.05) is 13.0 Å². The van der Waals surface area contributed by atoms with Crippen LogP contribution in [-0.2, 0) is 9.59 Å². The fraction of sp³-hybridized carbons (Fsp3) is 0.321. The molecule has 0 aliphatic heterocycles.